The van der Waals surface area contributed by atoms with Crippen LogP contribution in [-0.4, -0.2) is 20.9 Å². The highest BCUT2D eigenvalue weighted by atomic mass is 35.5. The number of ether oxygens (including phenoxy) is 1. The Balaban J connectivity index is 2.03. The van der Waals surface area contributed by atoms with Crippen molar-refractivity contribution < 1.29 is 22.1 Å². The Labute approximate surface area is 215 Å². The first kappa shape index (κ1) is 26.5. The second-order valence-corrected chi connectivity index (χ2v) is 9.40. The van der Waals surface area contributed by atoms with Crippen molar-refractivity contribution in [2.24, 2.45) is 0 Å². The quantitative estimate of drug-likeness (QED) is 0.156. The standard InChI is InChI=1S/C27H23ClN2O5S/c1-3-8-20-15-19(16-21(18-29)27(31)30-23-9-6-5-7-10-23)17-25(34-4-2)26(20)35-36(32,33)24-13-11-22(28)12-14-24/h3,5-7,9-17H,1,4,8H2,2H3,(H,30,31)/b21-16+. The Morgan fingerprint density at radius 1 is 1.14 bits per heavy atom. The van der Waals surface area contributed by atoms with Crippen LogP contribution in [0.5, 0.6) is 11.5 Å². The van der Waals surface area contributed by atoms with Gasteiger partial charge in [0.2, 0.25) is 0 Å². The van der Waals surface area contributed by atoms with Crippen molar-refractivity contribution in [2.75, 3.05) is 11.9 Å². The van der Waals surface area contributed by atoms with Crippen LogP contribution in [0.25, 0.3) is 6.08 Å². The van der Waals surface area contributed by atoms with E-state index in [1.807, 2.05) is 12.1 Å². The number of nitrogens with zero attached hydrogens (tertiary/aromatic N) is 1. The lowest BCUT2D eigenvalue weighted by molar-refractivity contribution is -0.112. The number of carbonyl (C=O) groups is 1. The van der Waals surface area contributed by atoms with Crippen LogP contribution in [0.1, 0.15) is 18.1 Å². The monoisotopic (exact) mass is 522 g/mol. The van der Waals surface area contributed by atoms with Gasteiger partial charge in [0.15, 0.2) is 11.5 Å². The van der Waals surface area contributed by atoms with E-state index in [1.165, 1.54) is 36.4 Å². The molecule has 184 valence electrons. The van der Waals surface area contributed by atoms with Crippen molar-refractivity contribution >= 4 is 39.4 Å². The minimum absolute atomic E-state index is 0.00362. The number of anilines is 1. The minimum Gasteiger partial charge on any atom is -0.490 e. The molecule has 0 heterocycles. The highest BCUT2D eigenvalue weighted by Gasteiger charge is 2.23. The molecule has 0 aromatic heterocycles. The van der Waals surface area contributed by atoms with Gasteiger partial charge >= 0.3 is 10.1 Å². The molecule has 0 aliphatic carbocycles. The third-order valence-electron chi connectivity index (χ3n) is 4.82. The van der Waals surface area contributed by atoms with E-state index in [2.05, 4.69) is 11.9 Å². The predicted molar refractivity (Wildman–Crippen MR) is 139 cm³/mol. The summed E-state index contributed by atoms with van der Waals surface area (Å²) in [5, 5.41) is 12.6. The van der Waals surface area contributed by atoms with E-state index in [-0.39, 0.29) is 35.0 Å². The number of halogens is 1. The molecule has 3 aromatic carbocycles. The fraction of sp³-hybridized carbons (Fsp3) is 0.111. The minimum atomic E-state index is -4.21. The van der Waals surface area contributed by atoms with E-state index in [0.717, 1.165) is 0 Å². The Kier molecular flexibility index (Phi) is 8.90. The van der Waals surface area contributed by atoms with E-state index >= 15 is 0 Å². The number of para-hydroxylation sites is 1. The lowest BCUT2D eigenvalue weighted by Gasteiger charge is -2.16. The summed E-state index contributed by atoms with van der Waals surface area (Å²) in [5.41, 5.74) is 1.29. The topological polar surface area (TPSA) is 105 Å². The summed E-state index contributed by atoms with van der Waals surface area (Å²) < 4.78 is 37.1. The van der Waals surface area contributed by atoms with Crippen molar-refractivity contribution in [3.63, 3.8) is 0 Å². The van der Waals surface area contributed by atoms with Gasteiger partial charge in [0.05, 0.1) is 6.61 Å². The third-order valence-corrected chi connectivity index (χ3v) is 6.31. The molecule has 0 saturated carbocycles. The summed E-state index contributed by atoms with van der Waals surface area (Å²) in [6, 6.07) is 19.3. The fourth-order valence-electron chi connectivity index (χ4n) is 3.23. The summed E-state index contributed by atoms with van der Waals surface area (Å²) in [4.78, 5) is 12.6. The van der Waals surface area contributed by atoms with Crippen molar-refractivity contribution in [3.05, 3.63) is 101 Å². The second kappa shape index (κ2) is 12.1. The van der Waals surface area contributed by atoms with Gasteiger partial charge in [-0.15, -0.1) is 6.58 Å². The number of nitriles is 1. The zero-order chi connectivity index (χ0) is 26.1. The smallest absolute Gasteiger partial charge is 0.339 e. The number of carbonyl (C=O) groups excluding carboxylic acids is 1. The molecule has 7 nitrogen and oxygen atoms in total. The first-order valence-corrected chi connectivity index (χ1v) is 12.6. The van der Waals surface area contributed by atoms with Crippen molar-refractivity contribution in [1.82, 2.24) is 0 Å². The molecule has 1 amide bonds. The normalized spacial score (nSPS) is 11.3. The zero-order valence-electron chi connectivity index (χ0n) is 19.4. The molecule has 36 heavy (non-hydrogen) atoms. The Bertz CT molecular complexity index is 1430. The Hall–Kier alpha value is -4.06. The summed E-state index contributed by atoms with van der Waals surface area (Å²) >= 11 is 5.87. The van der Waals surface area contributed by atoms with Gasteiger partial charge in [0, 0.05) is 16.3 Å². The first-order chi connectivity index (χ1) is 17.3. The van der Waals surface area contributed by atoms with Crippen LogP contribution in [-0.2, 0) is 21.3 Å². The maximum absolute atomic E-state index is 12.9. The van der Waals surface area contributed by atoms with Crippen LogP contribution in [0.15, 0.2) is 89.9 Å². The number of hydrogen-bond acceptors (Lipinski definition) is 6. The van der Waals surface area contributed by atoms with Gasteiger partial charge < -0.3 is 14.2 Å². The van der Waals surface area contributed by atoms with Gasteiger partial charge in [-0.1, -0.05) is 35.9 Å². The molecule has 0 radical (unpaired) electrons. The second-order valence-electron chi connectivity index (χ2n) is 7.41. The number of rotatable bonds is 10. The summed E-state index contributed by atoms with van der Waals surface area (Å²) in [5.74, 6) is -0.449. The summed E-state index contributed by atoms with van der Waals surface area (Å²) in [7, 11) is -4.21. The molecule has 0 unspecified atom stereocenters. The SMILES string of the molecule is C=CCc1cc(/C=C(\C#N)C(=O)Nc2ccccc2)cc(OCC)c1OS(=O)(=O)c1ccc(Cl)cc1. The van der Waals surface area contributed by atoms with Crippen LogP contribution in [0.3, 0.4) is 0 Å². The van der Waals surface area contributed by atoms with Gasteiger partial charge in [0.25, 0.3) is 5.91 Å². The molecule has 1 N–H and O–H groups in total. The van der Waals surface area contributed by atoms with E-state index in [1.54, 1.807) is 43.3 Å². The van der Waals surface area contributed by atoms with Gasteiger partial charge in [-0.05, 0) is 73.5 Å². The van der Waals surface area contributed by atoms with Crippen LogP contribution >= 0.6 is 11.6 Å². The number of amides is 1. The predicted octanol–water partition coefficient (Wildman–Crippen LogP) is 5.78. The lowest BCUT2D eigenvalue weighted by atomic mass is 10.0. The van der Waals surface area contributed by atoms with Crippen LogP contribution in [0.2, 0.25) is 5.02 Å². The Morgan fingerprint density at radius 3 is 2.44 bits per heavy atom. The molecule has 0 aliphatic rings. The molecule has 0 atom stereocenters. The zero-order valence-corrected chi connectivity index (χ0v) is 21.0. The lowest BCUT2D eigenvalue weighted by Crippen LogP contribution is -2.13. The third kappa shape index (κ3) is 6.75. The maximum Gasteiger partial charge on any atom is 0.339 e. The molecular weight excluding hydrogens is 500 g/mol. The van der Waals surface area contributed by atoms with E-state index in [0.29, 0.717) is 21.8 Å². The molecule has 9 heteroatoms. The molecule has 3 rings (SSSR count). The van der Waals surface area contributed by atoms with Gasteiger partial charge in [-0.25, -0.2) is 0 Å². The van der Waals surface area contributed by atoms with Gasteiger partial charge in [-0.2, -0.15) is 13.7 Å². The molecular formula is C27H23ClN2O5S. The van der Waals surface area contributed by atoms with Crippen molar-refractivity contribution in [3.8, 4) is 17.6 Å². The van der Waals surface area contributed by atoms with E-state index < -0.39 is 16.0 Å². The highest BCUT2D eigenvalue weighted by Crippen LogP contribution is 2.37. The van der Waals surface area contributed by atoms with E-state index in [9.17, 15) is 18.5 Å². The molecule has 0 spiro atoms. The number of hydrogen-bond donors (Lipinski definition) is 1. The molecule has 0 saturated heterocycles. The summed E-state index contributed by atoms with van der Waals surface area (Å²) in [6.45, 7) is 5.68. The number of nitrogens with one attached hydrogen (secondary N) is 1. The molecule has 0 aliphatic heterocycles. The van der Waals surface area contributed by atoms with Gasteiger partial charge in [0.1, 0.15) is 16.5 Å². The van der Waals surface area contributed by atoms with Crippen molar-refractivity contribution in [1.29, 1.82) is 5.26 Å². The van der Waals surface area contributed by atoms with Gasteiger partial charge in [-0.3, -0.25) is 4.79 Å². The first-order valence-electron chi connectivity index (χ1n) is 10.9. The number of allylic oxidation sites excluding steroid dienone is 1. The number of benzene rings is 3. The Morgan fingerprint density at radius 2 is 1.83 bits per heavy atom. The molecule has 3 aromatic rings. The maximum atomic E-state index is 12.9. The largest absolute Gasteiger partial charge is 0.490 e. The molecule has 0 bridgehead atoms. The average Bonchev–Trinajstić information content (AvgIpc) is 2.85. The summed E-state index contributed by atoms with van der Waals surface area (Å²) in [6.07, 6.45) is 3.21. The van der Waals surface area contributed by atoms with Crippen LogP contribution in [0, 0.1) is 11.3 Å². The highest BCUT2D eigenvalue weighted by molar-refractivity contribution is 7.87. The average molecular weight is 523 g/mol. The van der Waals surface area contributed by atoms with Crippen molar-refractivity contribution in [2.45, 2.75) is 18.2 Å². The fourth-order valence-corrected chi connectivity index (χ4v) is 4.33. The molecule has 0 fully saturated rings. The van der Waals surface area contributed by atoms with E-state index in [4.69, 9.17) is 20.5 Å². The van der Waals surface area contributed by atoms with Crippen LogP contribution < -0.4 is 14.2 Å². The van der Waals surface area contributed by atoms with Crippen LogP contribution in [0.4, 0.5) is 5.69 Å².